The van der Waals surface area contributed by atoms with Crippen LogP contribution in [0, 0.1) is 0 Å². The number of fused-ring (bicyclic) bond motifs is 1. The molecule has 2 aromatic heterocycles. The fraction of sp³-hybridized carbons (Fsp3) is 0.167. The maximum Gasteiger partial charge on any atom is 0.513 e. The van der Waals surface area contributed by atoms with Crippen LogP contribution in [-0.4, -0.2) is 17.7 Å². The van der Waals surface area contributed by atoms with Crippen molar-refractivity contribution in [1.82, 2.24) is 4.98 Å². The number of carbonyl (C=O) groups excluding carboxylic acids is 1. The van der Waals surface area contributed by atoms with Gasteiger partial charge in [-0.15, -0.1) is 11.3 Å². The van der Waals surface area contributed by atoms with E-state index in [1.807, 2.05) is 29.6 Å². The molecule has 4 aromatic rings. The minimum atomic E-state index is -0.802. The number of rotatable bonds is 8. The van der Waals surface area contributed by atoms with Crippen molar-refractivity contribution in [2.75, 3.05) is 12.3 Å². The summed E-state index contributed by atoms with van der Waals surface area (Å²) in [6.45, 7) is 2.45. The highest BCUT2D eigenvalue weighted by Crippen LogP contribution is 2.38. The first-order valence-electron chi connectivity index (χ1n) is 10.2. The van der Waals surface area contributed by atoms with E-state index in [4.69, 9.17) is 47.9 Å². The highest BCUT2D eigenvalue weighted by atomic mass is 35.5. The molecule has 0 aliphatic rings. The number of nitrogens with two attached hydrogens (primary N) is 1. The highest BCUT2D eigenvalue weighted by Gasteiger charge is 2.17. The number of benzene rings is 2. The molecule has 0 atom stereocenters. The average molecular weight is 519 g/mol. The number of halogens is 2. The predicted molar refractivity (Wildman–Crippen MR) is 133 cm³/mol. The number of hydrogen-bond donors (Lipinski definition) is 1. The molecule has 34 heavy (non-hydrogen) atoms. The second-order valence-electron chi connectivity index (χ2n) is 7.05. The molecule has 7 nitrogen and oxygen atoms in total. The number of carbonyl (C=O) groups is 1. The van der Waals surface area contributed by atoms with Crippen molar-refractivity contribution in [3.8, 4) is 17.2 Å². The van der Waals surface area contributed by atoms with Gasteiger partial charge in [-0.2, -0.15) is 0 Å². The van der Waals surface area contributed by atoms with Gasteiger partial charge in [0.2, 0.25) is 0 Å². The lowest BCUT2D eigenvalue weighted by Gasteiger charge is -2.12. The molecule has 0 aliphatic heterocycles. The molecule has 176 valence electrons. The fourth-order valence-electron chi connectivity index (χ4n) is 3.11. The molecule has 0 fully saturated rings. The van der Waals surface area contributed by atoms with Crippen LogP contribution in [0.2, 0.25) is 10.0 Å². The number of aromatic nitrogens is 1. The molecule has 2 N–H and O–H groups in total. The molecule has 0 spiro atoms. The Bertz CT molecular complexity index is 1310. The van der Waals surface area contributed by atoms with E-state index in [9.17, 15) is 4.79 Å². The lowest BCUT2D eigenvalue weighted by atomic mass is 10.2. The summed E-state index contributed by atoms with van der Waals surface area (Å²) in [5, 5.41) is 3.63. The number of thiophene rings is 1. The summed E-state index contributed by atoms with van der Waals surface area (Å²) < 4.78 is 22.6. The van der Waals surface area contributed by atoms with Crippen molar-refractivity contribution in [2.45, 2.75) is 20.1 Å². The third kappa shape index (κ3) is 5.64. The number of anilines is 1. The molecule has 0 radical (unpaired) electrons. The van der Waals surface area contributed by atoms with Crippen LogP contribution in [0.1, 0.15) is 18.1 Å². The smallest absolute Gasteiger partial charge is 0.489 e. The minimum Gasteiger partial charge on any atom is -0.489 e. The fourth-order valence-corrected chi connectivity index (χ4v) is 4.42. The summed E-state index contributed by atoms with van der Waals surface area (Å²) in [7, 11) is 0. The van der Waals surface area contributed by atoms with Gasteiger partial charge in [-0.3, -0.25) is 0 Å². The molecule has 2 aromatic carbocycles. The summed E-state index contributed by atoms with van der Waals surface area (Å²) in [6, 6.07) is 12.6. The van der Waals surface area contributed by atoms with Gasteiger partial charge in [0, 0.05) is 22.0 Å². The van der Waals surface area contributed by atoms with E-state index >= 15 is 0 Å². The topological polar surface area (TPSA) is 92.9 Å². The second-order valence-corrected chi connectivity index (χ2v) is 8.78. The van der Waals surface area contributed by atoms with Crippen molar-refractivity contribution in [1.29, 1.82) is 0 Å². The van der Waals surface area contributed by atoms with Gasteiger partial charge in [0.15, 0.2) is 5.75 Å². The predicted octanol–water partition coefficient (Wildman–Crippen LogP) is 6.88. The number of nitrogen functional groups attached to an aromatic ring is 1. The van der Waals surface area contributed by atoms with Gasteiger partial charge >= 0.3 is 6.16 Å². The van der Waals surface area contributed by atoms with E-state index in [2.05, 4.69) is 4.98 Å². The van der Waals surface area contributed by atoms with Crippen molar-refractivity contribution in [3.63, 3.8) is 0 Å². The number of ether oxygens (including phenoxy) is 4. The Balaban J connectivity index is 1.48. The Morgan fingerprint density at radius 2 is 1.85 bits per heavy atom. The van der Waals surface area contributed by atoms with Crippen LogP contribution in [0.3, 0.4) is 0 Å². The maximum atomic E-state index is 11.7. The Labute approximate surface area is 209 Å². The third-order valence-corrected chi connectivity index (χ3v) is 6.34. The average Bonchev–Trinajstić information content (AvgIpc) is 3.26. The zero-order valence-electron chi connectivity index (χ0n) is 18.0. The largest absolute Gasteiger partial charge is 0.513 e. The van der Waals surface area contributed by atoms with Gasteiger partial charge in [-0.1, -0.05) is 35.3 Å². The van der Waals surface area contributed by atoms with Crippen LogP contribution in [0.4, 0.5) is 10.6 Å². The van der Waals surface area contributed by atoms with Crippen molar-refractivity contribution in [2.24, 2.45) is 0 Å². The van der Waals surface area contributed by atoms with Crippen LogP contribution < -0.4 is 19.9 Å². The minimum absolute atomic E-state index is 0.176. The van der Waals surface area contributed by atoms with Crippen LogP contribution in [0.15, 0.2) is 54.0 Å². The van der Waals surface area contributed by atoms with Crippen molar-refractivity contribution < 1.29 is 23.7 Å². The van der Waals surface area contributed by atoms with Crippen LogP contribution in [-0.2, 0) is 18.0 Å². The molecule has 2 heterocycles. The van der Waals surface area contributed by atoms with E-state index in [-0.39, 0.29) is 19.0 Å². The van der Waals surface area contributed by atoms with Crippen LogP contribution in [0.25, 0.3) is 10.1 Å². The highest BCUT2D eigenvalue weighted by molar-refractivity contribution is 7.17. The first-order chi connectivity index (χ1) is 16.4. The van der Waals surface area contributed by atoms with Crippen molar-refractivity contribution >= 4 is 56.6 Å². The molecule has 0 amide bonds. The van der Waals surface area contributed by atoms with E-state index in [0.717, 1.165) is 11.1 Å². The Morgan fingerprint density at radius 3 is 2.62 bits per heavy atom. The standard InChI is InChI=1S/C24H20Cl2N2O5S/c1-2-30-24(29)33-20-10-28-23(27)21-15(13-34-22(20)21)12-32-19-9-17(7-8-18(19)26)31-11-14-3-5-16(25)6-4-14/h3-10,13H,2,11-12H2,1H3,(H2,27,28). The van der Waals surface area contributed by atoms with Gasteiger partial charge in [-0.25, -0.2) is 9.78 Å². The lowest BCUT2D eigenvalue weighted by Crippen LogP contribution is -2.10. The van der Waals surface area contributed by atoms with E-state index in [1.165, 1.54) is 17.5 Å². The molecule has 4 rings (SSSR count). The number of pyridine rings is 1. The van der Waals surface area contributed by atoms with Gasteiger partial charge in [0.25, 0.3) is 0 Å². The first-order valence-corrected chi connectivity index (χ1v) is 11.9. The van der Waals surface area contributed by atoms with Gasteiger partial charge in [0.1, 0.15) is 30.5 Å². The summed E-state index contributed by atoms with van der Waals surface area (Å²) in [5.74, 6) is 1.64. The number of hydrogen-bond acceptors (Lipinski definition) is 8. The second kappa shape index (κ2) is 10.8. The molecule has 0 saturated heterocycles. The lowest BCUT2D eigenvalue weighted by molar-refractivity contribution is 0.105. The molecular formula is C24H20Cl2N2O5S. The van der Waals surface area contributed by atoms with Crippen LogP contribution in [0.5, 0.6) is 17.2 Å². The monoisotopic (exact) mass is 518 g/mol. The summed E-state index contributed by atoms with van der Waals surface area (Å²) in [5.41, 5.74) is 7.86. The molecule has 0 bridgehead atoms. The molecule has 0 unspecified atom stereocenters. The summed E-state index contributed by atoms with van der Waals surface area (Å²) in [4.78, 5) is 15.9. The van der Waals surface area contributed by atoms with Crippen LogP contribution >= 0.6 is 34.5 Å². The Morgan fingerprint density at radius 1 is 1.06 bits per heavy atom. The molecule has 10 heteroatoms. The van der Waals surface area contributed by atoms with E-state index in [0.29, 0.717) is 44.1 Å². The van der Waals surface area contributed by atoms with Gasteiger partial charge in [-0.05, 0) is 42.1 Å². The maximum absolute atomic E-state index is 11.7. The molecular weight excluding hydrogens is 499 g/mol. The number of nitrogens with zero attached hydrogens (tertiary/aromatic N) is 1. The van der Waals surface area contributed by atoms with E-state index < -0.39 is 6.16 Å². The quantitative estimate of drug-likeness (QED) is 0.254. The summed E-state index contributed by atoms with van der Waals surface area (Å²) in [6.07, 6.45) is 0.595. The molecule has 0 aliphatic carbocycles. The normalized spacial score (nSPS) is 10.8. The first kappa shape index (κ1) is 23.9. The zero-order chi connectivity index (χ0) is 24.1. The zero-order valence-corrected chi connectivity index (χ0v) is 20.4. The SMILES string of the molecule is CCOC(=O)Oc1cnc(N)c2c(COc3cc(OCc4ccc(Cl)cc4)ccc3Cl)csc12. The Hall–Kier alpha value is -3.20. The summed E-state index contributed by atoms with van der Waals surface area (Å²) >= 11 is 13.6. The third-order valence-electron chi connectivity index (χ3n) is 4.73. The van der Waals surface area contributed by atoms with Crippen molar-refractivity contribution in [3.05, 3.63) is 75.2 Å². The molecule has 0 saturated carbocycles. The van der Waals surface area contributed by atoms with Gasteiger partial charge in [0.05, 0.1) is 22.5 Å². The van der Waals surface area contributed by atoms with E-state index in [1.54, 1.807) is 25.1 Å². The van der Waals surface area contributed by atoms with Gasteiger partial charge < -0.3 is 24.7 Å². The Kier molecular flexibility index (Phi) is 7.62.